The molecule has 1 aromatic rings. The van der Waals surface area contributed by atoms with Crippen molar-refractivity contribution in [2.75, 3.05) is 6.61 Å². The van der Waals surface area contributed by atoms with E-state index < -0.39 is 11.8 Å². The lowest BCUT2D eigenvalue weighted by molar-refractivity contribution is 0.0473. The molecular weight excluding hydrogens is 159 g/mol. The van der Waals surface area contributed by atoms with E-state index in [1.807, 2.05) is 0 Å². The number of ether oxygens (including phenoxy) is 1. The summed E-state index contributed by atoms with van der Waals surface area (Å²) in [5.41, 5.74) is 0.843. The molecule has 62 valence electrons. The largest absolute Gasteiger partial charge is 0.462 e. The first-order valence-corrected chi connectivity index (χ1v) is 3.73. The third-order valence-corrected chi connectivity index (χ3v) is 1.91. The molecule has 1 aliphatic rings. The fourth-order valence-electron chi connectivity index (χ4n) is 1.33. The van der Waals surface area contributed by atoms with Crippen molar-refractivity contribution in [2.45, 2.75) is 6.42 Å². The van der Waals surface area contributed by atoms with Gasteiger partial charge < -0.3 is 4.74 Å². The predicted octanol–water partition coefficient (Wildman–Crippen LogP) is 1.54. The van der Waals surface area contributed by atoms with Gasteiger partial charge in [0.05, 0.1) is 12.2 Å². The lowest BCUT2D eigenvalue weighted by Gasteiger charge is -2.15. The summed E-state index contributed by atoms with van der Waals surface area (Å²) in [6.45, 7) is 0.356. The van der Waals surface area contributed by atoms with Gasteiger partial charge in [-0.2, -0.15) is 0 Å². The number of halogens is 1. The normalized spacial score (nSPS) is 15.2. The third kappa shape index (κ3) is 0.978. The van der Waals surface area contributed by atoms with Crippen LogP contribution in [0.3, 0.4) is 0 Å². The van der Waals surface area contributed by atoms with Crippen LogP contribution in [0.25, 0.3) is 0 Å². The highest BCUT2D eigenvalue weighted by atomic mass is 19.1. The van der Waals surface area contributed by atoms with Crippen molar-refractivity contribution < 1.29 is 13.9 Å². The molecule has 1 aliphatic heterocycles. The summed E-state index contributed by atoms with van der Waals surface area (Å²) >= 11 is 0. The minimum atomic E-state index is -0.547. The van der Waals surface area contributed by atoms with E-state index >= 15 is 0 Å². The summed E-state index contributed by atoms with van der Waals surface area (Å²) in [7, 11) is 0. The zero-order valence-corrected chi connectivity index (χ0v) is 6.34. The number of fused-ring (bicyclic) bond motifs is 1. The van der Waals surface area contributed by atoms with Gasteiger partial charge in [0.25, 0.3) is 0 Å². The molecule has 0 radical (unpaired) electrons. The Morgan fingerprint density at radius 2 is 2.25 bits per heavy atom. The zero-order chi connectivity index (χ0) is 8.55. The van der Waals surface area contributed by atoms with Gasteiger partial charge in [-0.1, -0.05) is 12.1 Å². The molecule has 0 aromatic heterocycles. The molecule has 0 saturated carbocycles. The van der Waals surface area contributed by atoms with E-state index in [1.165, 1.54) is 6.07 Å². The Hall–Kier alpha value is -1.38. The Bertz CT molecular complexity index is 333. The molecule has 1 heterocycles. The number of benzene rings is 1. The van der Waals surface area contributed by atoms with E-state index in [-0.39, 0.29) is 5.56 Å². The summed E-state index contributed by atoms with van der Waals surface area (Å²) in [5, 5.41) is 0. The molecule has 1 aromatic carbocycles. The Kier molecular flexibility index (Phi) is 1.57. The summed E-state index contributed by atoms with van der Waals surface area (Å²) in [5.74, 6) is -1.04. The maximum absolute atomic E-state index is 13.0. The average molecular weight is 166 g/mol. The van der Waals surface area contributed by atoms with E-state index in [0.29, 0.717) is 13.0 Å². The first kappa shape index (κ1) is 7.28. The van der Waals surface area contributed by atoms with E-state index in [1.54, 1.807) is 12.1 Å². The van der Waals surface area contributed by atoms with Crippen molar-refractivity contribution >= 4 is 5.97 Å². The summed E-state index contributed by atoms with van der Waals surface area (Å²) < 4.78 is 17.7. The molecule has 12 heavy (non-hydrogen) atoms. The van der Waals surface area contributed by atoms with Gasteiger partial charge in [0, 0.05) is 6.42 Å². The molecule has 0 spiro atoms. The quantitative estimate of drug-likeness (QED) is 0.546. The molecule has 0 N–H and O–H groups in total. The second-order valence-corrected chi connectivity index (χ2v) is 2.66. The maximum atomic E-state index is 13.0. The molecule has 0 unspecified atom stereocenters. The number of esters is 1. The number of carbonyl (C=O) groups excluding carboxylic acids is 1. The first-order valence-electron chi connectivity index (χ1n) is 3.73. The van der Waals surface area contributed by atoms with Gasteiger partial charge in [0.2, 0.25) is 0 Å². The third-order valence-electron chi connectivity index (χ3n) is 1.91. The minimum Gasteiger partial charge on any atom is -0.462 e. The van der Waals surface area contributed by atoms with Gasteiger partial charge in [-0.25, -0.2) is 9.18 Å². The number of carbonyl (C=O) groups is 1. The van der Waals surface area contributed by atoms with Crippen LogP contribution in [0.4, 0.5) is 4.39 Å². The van der Waals surface area contributed by atoms with Crippen LogP contribution < -0.4 is 0 Å². The molecular formula is C9H7FO2. The van der Waals surface area contributed by atoms with Gasteiger partial charge in [0.1, 0.15) is 5.82 Å². The van der Waals surface area contributed by atoms with E-state index in [0.717, 1.165) is 5.56 Å². The predicted molar refractivity (Wildman–Crippen MR) is 40.4 cm³/mol. The summed E-state index contributed by atoms with van der Waals surface area (Å²) in [6, 6.07) is 4.62. The van der Waals surface area contributed by atoms with Crippen molar-refractivity contribution in [2.24, 2.45) is 0 Å². The Morgan fingerprint density at radius 3 is 3.00 bits per heavy atom. The van der Waals surface area contributed by atoms with Gasteiger partial charge in [-0.05, 0) is 11.6 Å². The second kappa shape index (κ2) is 2.59. The van der Waals surface area contributed by atoms with E-state index in [2.05, 4.69) is 0 Å². The van der Waals surface area contributed by atoms with Crippen molar-refractivity contribution in [3.05, 3.63) is 35.1 Å². The van der Waals surface area contributed by atoms with Crippen LogP contribution >= 0.6 is 0 Å². The Labute approximate surface area is 69.0 Å². The van der Waals surface area contributed by atoms with Crippen LogP contribution in [-0.2, 0) is 11.2 Å². The minimum absolute atomic E-state index is 0.101. The van der Waals surface area contributed by atoms with E-state index in [9.17, 15) is 9.18 Å². The van der Waals surface area contributed by atoms with Gasteiger partial charge in [-0.3, -0.25) is 0 Å². The van der Waals surface area contributed by atoms with Crippen LogP contribution in [0.1, 0.15) is 15.9 Å². The van der Waals surface area contributed by atoms with Crippen molar-refractivity contribution in [3.8, 4) is 0 Å². The fraction of sp³-hybridized carbons (Fsp3) is 0.222. The molecule has 0 atom stereocenters. The van der Waals surface area contributed by atoms with Gasteiger partial charge >= 0.3 is 5.97 Å². The smallest absolute Gasteiger partial charge is 0.341 e. The number of cyclic esters (lactones) is 1. The molecule has 3 heteroatoms. The number of hydrogen-bond acceptors (Lipinski definition) is 2. The topological polar surface area (TPSA) is 26.3 Å². The standard InChI is InChI=1S/C9H7FO2/c10-7-3-1-2-6-4-5-12-9(11)8(6)7/h1-3H,4-5H2. The maximum Gasteiger partial charge on any atom is 0.341 e. The number of rotatable bonds is 0. The molecule has 0 aliphatic carbocycles. The lowest BCUT2D eigenvalue weighted by Crippen LogP contribution is -2.19. The van der Waals surface area contributed by atoms with Gasteiger partial charge in [0.15, 0.2) is 0 Å². The lowest BCUT2D eigenvalue weighted by atomic mass is 10.0. The summed E-state index contributed by atoms with van der Waals surface area (Å²) in [6.07, 6.45) is 0.610. The molecule has 0 fully saturated rings. The molecule has 0 bridgehead atoms. The fourth-order valence-corrected chi connectivity index (χ4v) is 1.33. The molecule has 0 amide bonds. The first-order chi connectivity index (χ1) is 5.79. The highest BCUT2D eigenvalue weighted by Crippen LogP contribution is 2.19. The second-order valence-electron chi connectivity index (χ2n) is 2.66. The van der Waals surface area contributed by atoms with Crippen LogP contribution in [0.5, 0.6) is 0 Å². The SMILES string of the molecule is O=C1OCCc2cccc(F)c21. The highest BCUT2D eigenvalue weighted by molar-refractivity contribution is 5.92. The van der Waals surface area contributed by atoms with Gasteiger partial charge in [-0.15, -0.1) is 0 Å². The van der Waals surface area contributed by atoms with Crippen LogP contribution in [0, 0.1) is 5.82 Å². The monoisotopic (exact) mass is 166 g/mol. The van der Waals surface area contributed by atoms with Crippen LogP contribution in [0.2, 0.25) is 0 Å². The zero-order valence-electron chi connectivity index (χ0n) is 6.34. The average Bonchev–Trinajstić information content (AvgIpc) is 2.04. The van der Waals surface area contributed by atoms with Crippen LogP contribution in [-0.4, -0.2) is 12.6 Å². The summed E-state index contributed by atoms with van der Waals surface area (Å²) in [4.78, 5) is 11.0. The molecule has 0 saturated heterocycles. The molecule has 2 rings (SSSR count). The van der Waals surface area contributed by atoms with Crippen molar-refractivity contribution in [1.29, 1.82) is 0 Å². The van der Waals surface area contributed by atoms with Crippen LogP contribution in [0.15, 0.2) is 18.2 Å². The Balaban J connectivity index is 2.60. The van der Waals surface area contributed by atoms with Crippen molar-refractivity contribution in [1.82, 2.24) is 0 Å². The highest BCUT2D eigenvalue weighted by Gasteiger charge is 2.21. The Morgan fingerprint density at radius 1 is 1.42 bits per heavy atom. The van der Waals surface area contributed by atoms with E-state index in [4.69, 9.17) is 4.74 Å². The number of hydrogen-bond donors (Lipinski definition) is 0. The van der Waals surface area contributed by atoms with Crippen molar-refractivity contribution in [3.63, 3.8) is 0 Å². The molecule has 2 nitrogen and oxygen atoms in total.